The fourth-order valence-corrected chi connectivity index (χ4v) is 3.76. The first-order valence-corrected chi connectivity index (χ1v) is 9.60. The molecule has 1 saturated heterocycles. The van der Waals surface area contributed by atoms with Gasteiger partial charge >= 0.3 is 0 Å². The van der Waals surface area contributed by atoms with Crippen molar-refractivity contribution >= 4 is 29.9 Å². The molecule has 2 amide bonds. The highest BCUT2D eigenvalue weighted by molar-refractivity contribution is 6.08. The summed E-state index contributed by atoms with van der Waals surface area (Å²) < 4.78 is 0. The largest absolute Gasteiger partial charge is 0.339 e. The molecule has 28 heavy (non-hydrogen) atoms. The highest BCUT2D eigenvalue weighted by Crippen LogP contribution is 2.23. The normalized spacial score (nSPS) is 16.8. The smallest absolute Gasteiger partial charge is 0.276 e. The second-order valence-electron chi connectivity index (χ2n) is 7.43. The van der Waals surface area contributed by atoms with Crippen molar-refractivity contribution in [2.24, 2.45) is 5.92 Å². The van der Waals surface area contributed by atoms with E-state index in [-0.39, 0.29) is 24.2 Å². The molecule has 0 saturated carbocycles. The number of para-hydroxylation sites is 1. The first-order valence-electron chi connectivity index (χ1n) is 9.60. The van der Waals surface area contributed by atoms with Gasteiger partial charge in [-0.1, -0.05) is 19.1 Å². The van der Waals surface area contributed by atoms with Crippen molar-refractivity contribution in [1.82, 2.24) is 20.4 Å². The third-order valence-corrected chi connectivity index (χ3v) is 5.50. The van der Waals surface area contributed by atoms with Crippen LogP contribution in [0.2, 0.25) is 0 Å². The van der Waals surface area contributed by atoms with Gasteiger partial charge in [0, 0.05) is 43.9 Å². The number of carbonyl (C=O) groups is 2. The van der Waals surface area contributed by atoms with Crippen LogP contribution in [0.4, 0.5) is 5.69 Å². The predicted molar refractivity (Wildman–Crippen MR) is 110 cm³/mol. The molecule has 4 rings (SSSR count). The van der Waals surface area contributed by atoms with Crippen LogP contribution >= 0.6 is 12.4 Å². The van der Waals surface area contributed by atoms with Crippen LogP contribution in [0.25, 0.3) is 0 Å². The molecule has 0 atom stereocenters. The van der Waals surface area contributed by atoms with Crippen molar-refractivity contribution < 1.29 is 9.59 Å². The van der Waals surface area contributed by atoms with E-state index < -0.39 is 0 Å². The molecular formula is C20H26ClN5O2. The minimum absolute atomic E-state index is 0. The third-order valence-electron chi connectivity index (χ3n) is 5.50. The standard InChI is InChI=1S/C20H25N5O2.ClH/c1-13-7-10-25(11-8-13)20(27)14-4-2-3-5-16(14)22-19(26)18-15-12-21-9-6-17(15)23-24-18;/h2-5,13,21H,6-12H2,1H3,(H,22,26)(H,23,24);1H. The van der Waals surface area contributed by atoms with Gasteiger partial charge in [0.1, 0.15) is 0 Å². The van der Waals surface area contributed by atoms with Crippen LogP contribution in [0, 0.1) is 5.92 Å². The molecule has 0 bridgehead atoms. The number of aromatic nitrogens is 2. The van der Waals surface area contributed by atoms with Gasteiger partial charge in [0.25, 0.3) is 11.8 Å². The van der Waals surface area contributed by atoms with Gasteiger partial charge in [0.2, 0.25) is 0 Å². The maximum absolute atomic E-state index is 13.0. The van der Waals surface area contributed by atoms with Crippen molar-refractivity contribution in [3.63, 3.8) is 0 Å². The van der Waals surface area contributed by atoms with Crippen molar-refractivity contribution in [3.8, 4) is 0 Å². The fourth-order valence-electron chi connectivity index (χ4n) is 3.76. The Morgan fingerprint density at radius 1 is 1.21 bits per heavy atom. The van der Waals surface area contributed by atoms with Crippen molar-refractivity contribution in [1.29, 1.82) is 0 Å². The molecule has 2 aliphatic rings. The Balaban J connectivity index is 0.00000225. The zero-order valence-corrected chi connectivity index (χ0v) is 16.8. The molecule has 0 unspecified atom stereocenters. The number of likely N-dealkylation sites (tertiary alicyclic amines) is 1. The van der Waals surface area contributed by atoms with Crippen LogP contribution in [-0.2, 0) is 13.0 Å². The summed E-state index contributed by atoms with van der Waals surface area (Å²) in [6.07, 6.45) is 2.87. The summed E-state index contributed by atoms with van der Waals surface area (Å²) in [6.45, 7) is 5.25. The Bertz CT molecular complexity index is 858. The average molecular weight is 404 g/mol. The Hall–Kier alpha value is -2.38. The summed E-state index contributed by atoms with van der Waals surface area (Å²) >= 11 is 0. The number of carbonyl (C=O) groups excluding carboxylic acids is 2. The number of halogens is 1. The van der Waals surface area contributed by atoms with E-state index in [0.717, 1.165) is 50.2 Å². The van der Waals surface area contributed by atoms with E-state index in [0.29, 0.717) is 29.4 Å². The minimum atomic E-state index is -0.288. The maximum Gasteiger partial charge on any atom is 0.276 e. The lowest BCUT2D eigenvalue weighted by atomic mass is 9.98. The van der Waals surface area contributed by atoms with Crippen LogP contribution in [-0.4, -0.2) is 46.5 Å². The van der Waals surface area contributed by atoms with Crippen LogP contribution in [0.1, 0.15) is 51.9 Å². The lowest BCUT2D eigenvalue weighted by molar-refractivity contribution is 0.0698. The maximum atomic E-state index is 13.0. The number of rotatable bonds is 3. The highest BCUT2D eigenvalue weighted by Gasteiger charge is 2.25. The number of nitrogens with one attached hydrogen (secondary N) is 3. The lowest BCUT2D eigenvalue weighted by Crippen LogP contribution is -2.38. The van der Waals surface area contributed by atoms with E-state index >= 15 is 0 Å². The van der Waals surface area contributed by atoms with E-state index in [9.17, 15) is 9.59 Å². The molecule has 8 heteroatoms. The molecule has 1 aromatic carbocycles. The molecule has 0 radical (unpaired) electrons. The summed E-state index contributed by atoms with van der Waals surface area (Å²) in [4.78, 5) is 27.6. The fraction of sp³-hybridized carbons (Fsp3) is 0.450. The predicted octanol–water partition coefficient (Wildman–Crippen LogP) is 2.60. The first-order chi connectivity index (χ1) is 13.1. The van der Waals surface area contributed by atoms with Crippen LogP contribution in [0.5, 0.6) is 0 Å². The van der Waals surface area contributed by atoms with Crippen molar-refractivity contribution in [2.45, 2.75) is 32.7 Å². The van der Waals surface area contributed by atoms with E-state index in [1.54, 1.807) is 12.1 Å². The minimum Gasteiger partial charge on any atom is -0.339 e. The Labute approximate surface area is 170 Å². The highest BCUT2D eigenvalue weighted by atomic mass is 35.5. The molecular weight excluding hydrogens is 378 g/mol. The average Bonchev–Trinajstić information content (AvgIpc) is 3.13. The molecule has 0 aliphatic carbocycles. The summed E-state index contributed by atoms with van der Waals surface area (Å²) in [6, 6.07) is 7.20. The number of fused-ring (bicyclic) bond motifs is 1. The van der Waals surface area contributed by atoms with Crippen LogP contribution in [0.15, 0.2) is 24.3 Å². The number of benzene rings is 1. The van der Waals surface area contributed by atoms with Gasteiger partial charge in [-0.05, 0) is 30.9 Å². The van der Waals surface area contributed by atoms with Crippen LogP contribution in [0.3, 0.4) is 0 Å². The zero-order valence-electron chi connectivity index (χ0n) is 16.0. The van der Waals surface area contributed by atoms with Gasteiger partial charge in [0.15, 0.2) is 5.69 Å². The molecule has 3 heterocycles. The van der Waals surface area contributed by atoms with E-state index in [2.05, 4.69) is 27.8 Å². The zero-order chi connectivity index (χ0) is 18.8. The monoisotopic (exact) mass is 403 g/mol. The number of nitrogens with zero attached hydrogens (tertiary/aromatic N) is 2. The second kappa shape index (κ2) is 8.75. The summed E-state index contributed by atoms with van der Waals surface area (Å²) in [7, 11) is 0. The topological polar surface area (TPSA) is 90.1 Å². The van der Waals surface area contributed by atoms with Gasteiger partial charge in [-0.3, -0.25) is 14.7 Å². The SMILES string of the molecule is CC1CCN(C(=O)c2ccccc2NC(=O)c2n[nH]c3c2CNCC3)CC1.Cl. The van der Waals surface area contributed by atoms with E-state index in [1.807, 2.05) is 17.0 Å². The van der Waals surface area contributed by atoms with Crippen molar-refractivity contribution in [3.05, 3.63) is 46.8 Å². The van der Waals surface area contributed by atoms with E-state index in [1.165, 1.54) is 0 Å². The Kier molecular flexibility index (Phi) is 6.36. The number of hydrogen-bond acceptors (Lipinski definition) is 4. The molecule has 3 N–H and O–H groups in total. The Morgan fingerprint density at radius 3 is 2.75 bits per heavy atom. The summed E-state index contributed by atoms with van der Waals surface area (Å²) in [5.41, 5.74) is 3.37. The lowest BCUT2D eigenvalue weighted by Gasteiger charge is -2.30. The number of aromatic amines is 1. The first kappa shape index (κ1) is 20.4. The molecule has 2 aromatic rings. The number of piperidine rings is 1. The van der Waals surface area contributed by atoms with Gasteiger partial charge in [-0.25, -0.2) is 0 Å². The molecule has 1 fully saturated rings. The molecule has 0 spiro atoms. The number of H-pyrrole nitrogens is 1. The second-order valence-corrected chi connectivity index (χ2v) is 7.43. The molecule has 1 aromatic heterocycles. The van der Waals surface area contributed by atoms with Gasteiger partial charge in [0.05, 0.1) is 11.3 Å². The Morgan fingerprint density at radius 2 is 1.96 bits per heavy atom. The van der Waals surface area contributed by atoms with Crippen molar-refractivity contribution in [2.75, 3.05) is 25.0 Å². The van der Waals surface area contributed by atoms with Gasteiger partial charge < -0.3 is 15.5 Å². The summed E-state index contributed by atoms with van der Waals surface area (Å²) in [5, 5.41) is 13.3. The summed E-state index contributed by atoms with van der Waals surface area (Å²) in [5.74, 6) is 0.343. The molecule has 150 valence electrons. The number of amides is 2. The quantitative estimate of drug-likeness (QED) is 0.734. The van der Waals surface area contributed by atoms with Gasteiger partial charge in [-0.15, -0.1) is 12.4 Å². The van der Waals surface area contributed by atoms with E-state index in [4.69, 9.17) is 0 Å². The molecule has 2 aliphatic heterocycles. The third kappa shape index (κ3) is 4.05. The van der Waals surface area contributed by atoms with Gasteiger partial charge in [-0.2, -0.15) is 5.10 Å². The molecule has 7 nitrogen and oxygen atoms in total. The number of anilines is 1. The number of hydrogen-bond donors (Lipinski definition) is 3. The van der Waals surface area contributed by atoms with Crippen LogP contribution < -0.4 is 10.6 Å².